The van der Waals surface area contributed by atoms with E-state index < -0.39 is 6.04 Å². The van der Waals surface area contributed by atoms with Crippen molar-refractivity contribution in [2.45, 2.75) is 57.3 Å². The van der Waals surface area contributed by atoms with Gasteiger partial charge in [-0.15, -0.1) is 0 Å². The van der Waals surface area contributed by atoms with Crippen LogP contribution in [0.15, 0.2) is 30.3 Å². The molecular formula is C22H33N3O4. The van der Waals surface area contributed by atoms with Gasteiger partial charge in [-0.2, -0.15) is 0 Å². The number of nitrogens with zero attached hydrogens (tertiary/aromatic N) is 2. The van der Waals surface area contributed by atoms with Gasteiger partial charge >= 0.3 is 6.09 Å². The second-order valence-electron chi connectivity index (χ2n) is 7.89. The van der Waals surface area contributed by atoms with Gasteiger partial charge in [0, 0.05) is 32.8 Å². The largest absolute Gasteiger partial charge is 0.446 e. The van der Waals surface area contributed by atoms with E-state index in [1.165, 1.54) is 0 Å². The molecule has 1 unspecified atom stereocenters. The van der Waals surface area contributed by atoms with Gasteiger partial charge in [0.1, 0.15) is 6.10 Å². The average molecular weight is 404 g/mol. The summed E-state index contributed by atoms with van der Waals surface area (Å²) in [6.07, 6.45) is 5.31. The molecule has 2 aliphatic rings. The van der Waals surface area contributed by atoms with E-state index in [4.69, 9.17) is 15.2 Å². The summed E-state index contributed by atoms with van der Waals surface area (Å²) in [7, 11) is 0. The molecule has 2 amide bonds. The first-order valence-corrected chi connectivity index (χ1v) is 10.7. The number of hydrogen-bond acceptors (Lipinski definition) is 5. The summed E-state index contributed by atoms with van der Waals surface area (Å²) in [5.41, 5.74) is 7.26. The van der Waals surface area contributed by atoms with Crippen LogP contribution >= 0.6 is 0 Å². The first-order valence-electron chi connectivity index (χ1n) is 10.7. The van der Waals surface area contributed by atoms with E-state index in [-0.39, 0.29) is 18.1 Å². The molecule has 7 nitrogen and oxygen atoms in total. The molecule has 1 aliphatic carbocycles. The minimum Gasteiger partial charge on any atom is -0.446 e. The Kier molecular flexibility index (Phi) is 8.31. The number of amides is 2. The standard InChI is InChI=1S/C22H33N3O4/c23-20(11-4-5-16-28-17-18-7-2-1-3-8-18)21(26)24-12-14-25(15-13-24)22(27)29-19-9-6-10-19/h1-3,7-8,19-20H,4-6,9-17,23H2. The van der Waals surface area contributed by atoms with Crippen LogP contribution < -0.4 is 5.73 Å². The highest BCUT2D eigenvalue weighted by Gasteiger charge is 2.30. The molecule has 3 rings (SSSR count). The molecule has 1 aromatic rings. The lowest BCUT2D eigenvalue weighted by Crippen LogP contribution is -2.54. The van der Waals surface area contributed by atoms with Crippen molar-refractivity contribution in [3.05, 3.63) is 35.9 Å². The number of ether oxygens (including phenoxy) is 2. The zero-order valence-corrected chi connectivity index (χ0v) is 17.1. The molecule has 0 bridgehead atoms. The Morgan fingerprint density at radius 3 is 2.38 bits per heavy atom. The van der Waals surface area contributed by atoms with Gasteiger partial charge in [0.05, 0.1) is 12.6 Å². The SMILES string of the molecule is NC(CCCCOCc1ccccc1)C(=O)N1CCN(C(=O)OC2CCC2)CC1. The Bertz CT molecular complexity index is 643. The third-order valence-electron chi connectivity index (χ3n) is 5.65. The lowest BCUT2D eigenvalue weighted by Gasteiger charge is -2.36. The summed E-state index contributed by atoms with van der Waals surface area (Å²) in [6, 6.07) is 9.59. The third-order valence-corrected chi connectivity index (χ3v) is 5.65. The fraction of sp³-hybridized carbons (Fsp3) is 0.636. The molecular weight excluding hydrogens is 370 g/mol. The summed E-state index contributed by atoms with van der Waals surface area (Å²) in [5.74, 6) is -0.0257. The first kappa shape index (κ1) is 21.6. The summed E-state index contributed by atoms with van der Waals surface area (Å²) in [5, 5.41) is 0. The normalized spacial score (nSPS) is 18.2. The number of benzene rings is 1. The second-order valence-corrected chi connectivity index (χ2v) is 7.89. The van der Waals surface area contributed by atoms with Crippen molar-refractivity contribution in [1.29, 1.82) is 0 Å². The fourth-order valence-electron chi connectivity index (χ4n) is 3.51. The van der Waals surface area contributed by atoms with Crippen molar-refractivity contribution >= 4 is 12.0 Å². The Balaban J connectivity index is 1.25. The van der Waals surface area contributed by atoms with Gasteiger partial charge in [-0.25, -0.2) is 4.79 Å². The van der Waals surface area contributed by atoms with Crippen molar-refractivity contribution in [2.75, 3.05) is 32.8 Å². The average Bonchev–Trinajstić information content (AvgIpc) is 2.73. The summed E-state index contributed by atoms with van der Waals surface area (Å²) in [4.78, 5) is 28.1. The molecule has 160 valence electrons. The predicted octanol–water partition coefficient (Wildman–Crippen LogP) is 2.53. The maximum Gasteiger partial charge on any atom is 0.410 e. The molecule has 0 radical (unpaired) electrons. The van der Waals surface area contributed by atoms with E-state index in [1.807, 2.05) is 30.3 Å². The van der Waals surface area contributed by atoms with Crippen LogP contribution in [0.4, 0.5) is 4.79 Å². The number of rotatable bonds is 9. The van der Waals surface area contributed by atoms with Crippen molar-refractivity contribution in [3.63, 3.8) is 0 Å². The maximum absolute atomic E-state index is 12.5. The van der Waals surface area contributed by atoms with E-state index in [0.717, 1.165) is 37.7 Å². The molecule has 29 heavy (non-hydrogen) atoms. The molecule has 7 heteroatoms. The fourth-order valence-corrected chi connectivity index (χ4v) is 3.51. The summed E-state index contributed by atoms with van der Waals surface area (Å²) < 4.78 is 11.1. The number of unbranched alkanes of at least 4 members (excludes halogenated alkanes) is 1. The molecule has 1 saturated heterocycles. The van der Waals surface area contributed by atoms with Crippen LogP contribution in [-0.2, 0) is 20.9 Å². The van der Waals surface area contributed by atoms with Crippen LogP contribution in [0.2, 0.25) is 0 Å². The number of carbonyl (C=O) groups excluding carboxylic acids is 2. The van der Waals surface area contributed by atoms with Crippen LogP contribution in [0, 0.1) is 0 Å². The van der Waals surface area contributed by atoms with Crippen molar-refractivity contribution in [1.82, 2.24) is 9.80 Å². The highest BCUT2D eigenvalue weighted by molar-refractivity contribution is 5.82. The van der Waals surface area contributed by atoms with Gasteiger partial charge in [0.2, 0.25) is 5.91 Å². The smallest absolute Gasteiger partial charge is 0.410 e. The molecule has 1 heterocycles. The quantitative estimate of drug-likeness (QED) is 0.641. The second kappa shape index (κ2) is 11.2. The van der Waals surface area contributed by atoms with Gasteiger partial charge in [0.25, 0.3) is 0 Å². The third kappa shape index (κ3) is 6.72. The molecule has 0 aromatic heterocycles. The van der Waals surface area contributed by atoms with Crippen molar-refractivity contribution in [3.8, 4) is 0 Å². The number of carbonyl (C=O) groups is 2. The van der Waals surface area contributed by atoms with Crippen LogP contribution in [-0.4, -0.2) is 66.7 Å². The highest BCUT2D eigenvalue weighted by atomic mass is 16.6. The number of nitrogens with two attached hydrogens (primary N) is 1. The maximum atomic E-state index is 12.5. The van der Waals surface area contributed by atoms with Gasteiger partial charge in [0.15, 0.2) is 0 Å². The molecule has 1 aromatic carbocycles. The van der Waals surface area contributed by atoms with E-state index in [1.54, 1.807) is 9.80 Å². The van der Waals surface area contributed by atoms with Crippen molar-refractivity contribution in [2.24, 2.45) is 5.73 Å². The highest BCUT2D eigenvalue weighted by Crippen LogP contribution is 2.23. The van der Waals surface area contributed by atoms with Gasteiger partial charge in [-0.05, 0) is 44.1 Å². The minimum absolute atomic E-state index is 0.0257. The monoisotopic (exact) mass is 403 g/mol. The first-order chi connectivity index (χ1) is 14.1. The Hall–Kier alpha value is -2.12. The molecule has 2 fully saturated rings. The molecule has 1 saturated carbocycles. The summed E-state index contributed by atoms with van der Waals surface area (Å²) >= 11 is 0. The molecule has 2 N–H and O–H groups in total. The van der Waals surface area contributed by atoms with Gasteiger partial charge in [-0.1, -0.05) is 30.3 Å². The van der Waals surface area contributed by atoms with Crippen LogP contribution in [0.1, 0.15) is 44.1 Å². The van der Waals surface area contributed by atoms with Gasteiger partial charge in [-0.3, -0.25) is 4.79 Å². The Morgan fingerprint density at radius 1 is 1.03 bits per heavy atom. The van der Waals surface area contributed by atoms with E-state index in [0.29, 0.717) is 45.8 Å². The predicted molar refractivity (Wildman–Crippen MR) is 110 cm³/mol. The minimum atomic E-state index is -0.488. The summed E-state index contributed by atoms with van der Waals surface area (Å²) in [6.45, 7) is 3.34. The van der Waals surface area contributed by atoms with Gasteiger partial charge < -0.3 is 25.0 Å². The van der Waals surface area contributed by atoms with Crippen molar-refractivity contribution < 1.29 is 19.1 Å². The molecule has 1 atom stereocenters. The van der Waals surface area contributed by atoms with E-state index >= 15 is 0 Å². The number of piperazine rings is 1. The Morgan fingerprint density at radius 2 is 1.72 bits per heavy atom. The van der Waals surface area contributed by atoms with Crippen LogP contribution in [0.25, 0.3) is 0 Å². The number of hydrogen-bond donors (Lipinski definition) is 1. The lowest BCUT2D eigenvalue weighted by atomic mass is 9.96. The van der Waals surface area contributed by atoms with E-state index in [9.17, 15) is 9.59 Å². The zero-order chi connectivity index (χ0) is 20.5. The topological polar surface area (TPSA) is 85.1 Å². The van der Waals surface area contributed by atoms with Crippen LogP contribution in [0.3, 0.4) is 0 Å². The van der Waals surface area contributed by atoms with E-state index in [2.05, 4.69) is 0 Å². The molecule has 1 aliphatic heterocycles. The lowest BCUT2D eigenvalue weighted by molar-refractivity contribution is -0.134. The Labute approximate surface area is 173 Å². The molecule has 0 spiro atoms. The zero-order valence-electron chi connectivity index (χ0n) is 17.1. The van der Waals surface area contributed by atoms with Crippen LogP contribution in [0.5, 0.6) is 0 Å².